The molecule has 368 valence electrons. The Kier molecular flexibility index (Phi) is 30.8. The molecule has 0 heterocycles. The average Bonchev–Trinajstić information content (AvgIpc) is 3.21. The maximum atomic E-state index is 13.0. The van der Waals surface area contributed by atoms with Crippen LogP contribution in [0.2, 0.25) is 0 Å². The number of carbonyl (C=O) groups excluding carboxylic acids is 6. The van der Waals surface area contributed by atoms with Gasteiger partial charge in [0.1, 0.15) is 26.4 Å². The molecule has 0 radical (unpaired) electrons. The van der Waals surface area contributed by atoms with Crippen molar-refractivity contribution < 1.29 is 57.2 Å². The lowest BCUT2D eigenvalue weighted by Gasteiger charge is -2.26. The van der Waals surface area contributed by atoms with Crippen molar-refractivity contribution in [3.05, 3.63) is 0 Å². The average molecular weight is 898 g/mol. The molecule has 0 amide bonds. The molecule has 1 N–H and O–H groups in total. The highest BCUT2D eigenvalue weighted by Gasteiger charge is 2.34. The van der Waals surface area contributed by atoms with E-state index in [0.29, 0.717) is 51.6 Å². The minimum absolute atomic E-state index is 0.0718. The molecule has 0 bridgehead atoms. The van der Waals surface area contributed by atoms with Gasteiger partial charge in [-0.05, 0) is 107 Å². The molecule has 0 aromatic rings. The molecule has 0 unspecified atom stereocenters. The Morgan fingerprint density at radius 2 is 0.619 bits per heavy atom. The quantitative estimate of drug-likeness (QED) is 0.0353. The van der Waals surface area contributed by atoms with Gasteiger partial charge in [0.15, 0.2) is 12.2 Å². The van der Waals surface area contributed by atoms with Gasteiger partial charge in [-0.3, -0.25) is 28.8 Å². The molecule has 0 rings (SSSR count). The predicted octanol–water partition coefficient (Wildman–Crippen LogP) is 10.6. The molecule has 0 aromatic carbocycles. The number of hydrogen-bond acceptors (Lipinski definition) is 13. The van der Waals surface area contributed by atoms with Gasteiger partial charge in [-0.2, -0.15) is 0 Å². The summed E-state index contributed by atoms with van der Waals surface area (Å²) in [7, 11) is 0. The number of unbranched alkanes of at least 4 members (excludes halogenated alkanes) is 8. The van der Waals surface area contributed by atoms with Gasteiger partial charge in [0.25, 0.3) is 0 Å². The molecule has 0 saturated heterocycles. The maximum Gasteiger partial charge on any atom is 0.311 e. The summed E-state index contributed by atoms with van der Waals surface area (Å²) in [6, 6.07) is 0. The topological polar surface area (TPSA) is 170 Å². The summed E-state index contributed by atoms with van der Waals surface area (Å²) < 4.78 is 33.8. The molecular weight excluding hydrogens is 807 g/mol. The van der Waals surface area contributed by atoms with Crippen LogP contribution >= 0.6 is 0 Å². The Hall–Kier alpha value is -3.22. The summed E-state index contributed by atoms with van der Waals surface area (Å²) in [5.41, 5.74) is -2.81. The highest BCUT2D eigenvalue weighted by atomic mass is 16.6. The van der Waals surface area contributed by atoms with Crippen molar-refractivity contribution in [2.75, 3.05) is 39.5 Å². The Morgan fingerprint density at radius 1 is 0.381 bits per heavy atom. The van der Waals surface area contributed by atoms with Crippen LogP contribution in [0, 0.1) is 21.7 Å². The van der Waals surface area contributed by atoms with E-state index in [-0.39, 0.29) is 39.3 Å². The zero-order valence-electron chi connectivity index (χ0n) is 41.9. The number of hydrogen-bond donors (Lipinski definition) is 1. The zero-order chi connectivity index (χ0) is 48.0. The SMILES string of the molecule is CCCCCC(C)(C)C(=O)OCC(COC(=O)C(C)(C)CCCCC)OC(=O)CCCNCCCC(=O)OC(COC(=O)C(C)(C)CCCCC)COC(=O)C(C)(C)CCCCC. The summed E-state index contributed by atoms with van der Waals surface area (Å²) in [5, 5.41) is 3.22. The van der Waals surface area contributed by atoms with Gasteiger partial charge in [0.05, 0.1) is 21.7 Å². The van der Waals surface area contributed by atoms with E-state index in [9.17, 15) is 28.8 Å². The summed E-state index contributed by atoms with van der Waals surface area (Å²) in [5.74, 6) is -2.59. The second-order valence-electron chi connectivity index (χ2n) is 19.9. The number of carbonyl (C=O) groups is 6. The summed E-state index contributed by atoms with van der Waals surface area (Å²) in [6.45, 7) is 23.1. The smallest absolute Gasteiger partial charge is 0.311 e. The summed E-state index contributed by atoms with van der Waals surface area (Å²) in [4.78, 5) is 77.8. The molecule has 0 aliphatic carbocycles. The lowest BCUT2D eigenvalue weighted by Crippen LogP contribution is -2.36. The van der Waals surface area contributed by atoms with E-state index in [1.54, 1.807) is 0 Å². The fourth-order valence-corrected chi connectivity index (χ4v) is 6.69. The normalized spacial score (nSPS) is 12.3. The van der Waals surface area contributed by atoms with Gasteiger partial charge in [0, 0.05) is 12.8 Å². The second-order valence-corrected chi connectivity index (χ2v) is 19.9. The minimum atomic E-state index is -0.951. The van der Waals surface area contributed by atoms with Crippen LogP contribution in [0.4, 0.5) is 0 Å². The van der Waals surface area contributed by atoms with Gasteiger partial charge in [-0.1, -0.05) is 105 Å². The van der Waals surface area contributed by atoms with Crippen molar-refractivity contribution in [2.24, 2.45) is 21.7 Å². The second kappa shape index (κ2) is 32.4. The Balaban J connectivity index is 5.21. The van der Waals surface area contributed by atoms with Gasteiger partial charge >= 0.3 is 35.8 Å². The first-order valence-corrected chi connectivity index (χ1v) is 24.4. The van der Waals surface area contributed by atoms with Gasteiger partial charge in [-0.25, -0.2) is 0 Å². The molecule has 0 fully saturated rings. The fourth-order valence-electron chi connectivity index (χ4n) is 6.69. The van der Waals surface area contributed by atoms with E-state index in [4.69, 9.17) is 28.4 Å². The Morgan fingerprint density at radius 3 is 0.841 bits per heavy atom. The third kappa shape index (κ3) is 27.7. The van der Waals surface area contributed by atoms with Crippen LogP contribution in [0.25, 0.3) is 0 Å². The van der Waals surface area contributed by atoms with Gasteiger partial charge < -0.3 is 33.7 Å². The van der Waals surface area contributed by atoms with E-state index in [1.807, 2.05) is 55.4 Å². The lowest BCUT2D eigenvalue weighted by molar-refractivity contribution is -0.173. The third-order valence-corrected chi connectivity index (χ3v) is 11.5. The highest BCUT2D eigenvalue weighted by molar-refractivity contribution is 5.77. The van der Waals surface area contributed by atoms with Crippen LogP contribution in [0.5, 0.6) is 0 Å². The van der Waals surface area contributed by atoms with E-state index in [2.05, 4.69) is 33.0 Å². The Labute approximate surface area is 382 Å². The highest BCUT2D eigenvalue weighted by Crippen LogP contribution is 2.29. The molecule has 0 aromatic heterocycles. The van der Waals surface area contributed by atoms with Crippen LogP contribution < -0.4 is 5.32 Å². The number of rotatable bonds is 38. The molecular formula is C50H91NO12. The van der Waals surface area contributed by atoms with Crippen LogP contribution in [-0.4, -0.2) is 87.5 Å². The largest absolute Gasteiger partial charge is 0.461 e. The molecule has 0 spiro atoms. The Bertz CT molecular complexity index is 1150. The number of ether oxygens (including phenoxy) is 6. The standard InChI is InChI=1S/C50H91NO12/c1-13-17-21-29-47(5,6)43(54)58-35-39(36-59-44(55)48(7,8)30-22-18-14-2)62-41(52)27-25-33-51-34-26-28-42(53)63-40(37-60-45(56)49(9,10)31-23-19-15-3)38-61-46(57)50(11,12)32-24-20-16-4/h39-40,51H,13-38H2,1-12H3. The van der Waals surface area contributed by atoms with Crippen molar-refractivity contribution >= 4 is 35.8 Å². The first-order chi connectivity index (χ1) is 29.6. The fraction of sp³-hybridized carbons (Fsp3) is 0.880. The van der Waals surface area contributed by atoms with Crippen LogP contribution in [0.1, 0.15) is 212 Å². The minimum Gasteiger partial charge on any atom is -0.461 e. The monoisotopic (exact) mass is 898 g/mol. The van der Waals surface area contributed by atoms with Crippen LogP contribution in [-0.2, 0) is 57.2 Å². The molecule has 0 aliphatic rings. The predicted molar refractivity (Wildman–Crippen MR) is 247 cm³/mol. The summed E-state index contributed by atoms with van der Waals surface area (Å²) in [6.07, 6.45) is 13.6. The van der Waals surface area contributed by atoms with Crippen molar-refractivity contribution in [3.8, 4) is 0 Å². The first kappa shape index (κ1) is 59.8. The lowest BCUT2D eigenvalue weighted by atomic mass is 9.87. The molecule has 13 nitrogen and oxygen atoms in total. The number of esters is 6. The molecule has 13 heteroatoms. The van der Waals surface area contributed by atoms with Crippen molar-refractivity contribution in [3.63, 3.8) is 0 Å². The molecule has 0 aliphatic heterocycles. The van der Waals surface area contributed by atoms with Crippen LogP contribution in [0.15, 0.2) is 0 Å². The molecule has 63 heavy (non-hydrogen) atoms. The van der Waals surface area contributed by atoms with Crippen LogP contribution in [0.3, 0.4) is 0 Å². The van der Waals surface area contributed by atoms with E-state index in [1.165, 1.54) is 0 Å². The molecule has 0 atom stereocenters. The summed E-state index contributed by atoms with van der Waals surface area (Å²) >= 11 is 0. The van der Waals surface area contributed by atoms with Crippen molar-refractivity contribution in [1.82, 2.24) is 5.32 Å². The van der Waals surface area contributed by atoms with Crippen molar-refractivity contribution in [2.45, 2.75) is 224 Å². The van der Waals surface area contributed by atoms with Gasteiger partial charge in [-0.15, -0.1) is 0 Å². The van der Waals surface area contributed by atoms with Gasteiger partial charge in [0.2, 0.25) is 0 Å². The van der Waals surface area contributed by atoms with Crippen molar-refractivity contribution in [1.29, 1.82) is 0 Å². The molecule has 0 saturated carbocycles. The van der Waals surface area contributed by atoms with E-state index >= 15 is 0 Å². The van der Waals surface area contributed by atoms with E-state index in [0.717, 1.165) is 77.0 Å². The zero-order valence-corrected chi connectivity index (χ0v) is 41.9. The number of nitrogens with one attached hydrogen (secondary N) is 1. The van der Waals surface area contributed by atoms with E-state index < -0.39 is 69.7 Å². The maximum absolute atomic E-state index is 13.0. The third-order valence-electron chi connectivity index (χ3n) is 11.5. The first-order valence-electron chi connectivity index (χ1n) is 24.4.